The van der Waals surface area contributed by atoms with E-state index < -0.39 is 0 Å². The van der Waals surface area contributed by atoms with Crippen LogP contribution < -0.4 is 0 Å². The summed E-state index contributed by atoms with van der Waals surface area (Å²) in [6.07, 6.45) is 41.3. The highest BCUT2D eigenvalue weighted by molar-refractivity contribution is 5.53. The Morgan fingerprint density at radius 1 is 0.548 bits per heavy atom. The maximum atomic E-state index is 11.3. The van der Waals surface area contributed by atoms with Crippen LogP contribution in [0.4, 0.5) is 0 Å². The summed E-state index contributed by atoms with van der Waals surface area (Å²) >= 11 is 0. The lowest BCUT2D eigenvalue weighted by Crippen LogP contribution is -2.02. The first kappa shape index (κ1) is 29.6. The molecule has 0 saturated heterocycles. The fraction of sp³-hybridized carbons (Fsp3) is 0.700. The average Bonchev–Trinajstić information content (AvgIpc) is 2.79. The molecule has 0 radical (unpaired) electrons. The van der Waals surface area contributed by atoms with Crippen LogP contribution in [0.5, 0.6) is 0 Å². The zero-order valence-corrected chi connectivity index (χ0v) is 20.9. The fourth-order valence-corrected chi connectivity index (χ4v) is 3.73. The molecule has 178 valence electrons. The van der Waals surface area contributed by atoms with E-state index in [9.17, 15) is 4.79 Å². The molecule has 0 aliphatic carbocycles. The highest BCUT2D eigenvalue weighted by Crippen LogP contribution is 2.17. The maximum absolute atomic E-state index is 11.3. The second-order valence-electron chi connectivity index (χ2n) is 8.82. The van der Waals surface area contributed by atoms with Gasteiger partial charge in [0, 0.05) is 5.92 Å². The van der Waals surface area contributed by atoms with E-state index in [0.717, 1.165) is 32.1 Å². The van der Waals surface area contributed by atoms with Gasteiger partial charge in [-0.1, -0.05) is 114 Å². The van der Waals surface area contributed by atoms with Crippen LogP contribution in [0.25, 0.3) is 0 Å². The van der Waals surface area contributed by atoms with Crippen LogP contribution in [-0.2, 0) is 4.79 Å². The van der Waals surface area contributed by atoms with Crippen molar-refractivity contribution in [2.75, 3.05) is 0 Å². The van der Waals surface area contributed by atoms with Crippen molar-refractivity contribution in [3.05, 3.63) is 48.6 Å². The summed E-state index contributed by atoms with van der Waals surface area (Å²) in [4.78, 5) is 11.3. The largest absolute Gasteiger partial charge is 0.303 e. The van der Waals surface area contributed by atoms with E-state index in [1.807, 2.05) is 0 Å². The molecule has 1 unspecified atom stereocenters. The molecule has 1 atom stereocenters. The van der Waals surface area contributed by atoms with E-state index in [0.29, 0.717) is 0 Å². The molecule has 1 heteroatoms. The number of carbonyl (C=O) groups is 1. The first-order valence-corrected chi connectivity index (χ1v) is 13.4. The number of carbonyl (C=O) groups excluding carboxylic acids is 1. The van der Waals surface area contributed by atoms with Crippen LogP contribution in [0.15, 0.2) is 48.6 Å². The Labute approximate surface area is 195 Å². The normalized spacial score (nSPS) is 13.4. The van der Waals surface area contributed by atoms with Crippen LogP contribution >= 0.6 is 0 Å². The average molecular weight is 429 g/mol. The highest BCUT2D eigenvalue weighted by Gasteiger charge is 2.06. The Bertz CT molecular complexity index is 469. The maximum Gasteiger partial charge on any atom is 0.123 e. The lowest BCUT2D eigenvalue weighted by Gasteiger charge is -2.09. The van der Waals surface area contributed by atoms with Gasteiger partial charge < -0.3 is 4.79 Å². The molecule has 0 rings (SSSR count). The molecule has 0 spiro atoms. The number of hydrogen-bond acceptors (Lipinski definition) is 1. The molecule has 0 bridgehead atoms. The summed E-state index contributed by atoms with van der Waals surface area (Å²) < 4.78 is 0. The van der Waals surface area contributed by atoms with Crippen LogP contribution in [0.2, 0.25) is 0 Å². The Morgan fingerprint density at radius 3 is 1.71 bits per heavy atom. The predicted molar refractivity (Wildman–Crippen MR) is 141 cm³/mol. The zero-order valence-electron chi connectivity index (χ0n) is 20.9. The second-order valence-corrected chi connectivity index (χ2v) is 8.82. The fourth-order valence-electron chi connectivity index (χ4n) is 3.73. The molecule has 0 aliphatic heterocycles. The summed E-state index contributed by atoms with van der Waals surface area (Å²) in [6.45, 7) is 4.41. The van der Waals surface area contributed by atoms with E-state index >= 15 is 0 Å². The molecule has 1 nitrogen and oxygen atoms in total. The zero-order chi connectivity index (χ0) is 22.7. The van der Waals surface area contributed by atoms with E-state index in [1.165, 1.54) is 89.8 Å². The molecular weight excluding hydrogens is 376 g/mol. The van der Waals surface area contributed by atoms with Crippen molar-refractivity contribution < 1.29 is 4.79 Å². The monoisotopic (exact) mass is 428 g/mol. The molecular formula is C30H52O. The van der Waals surface area contributed by atoms with E-state index in [2.05, 4.69) is 62.5 Å². The van der Waals surface area contributed by atoms with Crippen LogP contribution in [-0.4, -0.2) is 6.29 Å². The van der Waals surface area contributed by atoms with Gasteiger partial charge in [-0.15, -0.1) is 0 Å². The van der Waals surface area contributed by atoms with E-state index in [-0.39, 0.29) is 5.92 Å². The van der Waals surface area contributed by atoms with Crippen molar-refractivity contribution in [1.29, 1.82) is 0 Å². The molecule has 0 aromatic rings. The predicted octanol–water partition coefficient (Wildman–Crippen LogP) is 10.1. The summed E-state index contributed by atoms with van der Waals surface area (Å²) in [5.74, 6) is 0.288. The number of aldehydes is 1. The van der Waals surface area contributed by atoms with Crippen molar-refractivity contribution in [1.82, 2.24) is 0 Å². The van der Waals surface area contributed by atoms with Crippen molar-refractivity contribution in [3.8, 4) is 0 Å². The van der Waals surface area contributed by atoms with Gasteiger partial charge in [0.15, 0.2) is 0 Å². The van der Waals surface area contributed by atoms with Gasteiger partial charge in [0.2, 0.25) is 0 Å². The number of rotatable bonds is 23. The molecule has 0 aliphatic rings. The minimum atomic E-state index is 0.288. The van der Waals surface area contributed by atoms with Crippen LogP contribution in [0, 0.1) is 5.92 Å². The lowest BCUT2D eigenvalue weighted by molar-refractivity contribution is -0.111. The summed E-state index contributed by atoms with van der Waals surface area (Å²) in [5, 5.41) is 0. The molecule has 0 heterocycles. The van der Waals surface area contributed by atoms with Crippen molar-refractivity contribution >= 4 is 6.29 Å². The number of unbranched alkanes of at least 4 members (excludes halogenated alkanes) is 11. The Kier molecular flexibility index (Phi) is 25.5. The molecule has 0 fully saturated rings. The molecule has 0 aromatic carbocycles. The highest BCUT2D eigenvalue weighted by atomic mass is 16.1. The smallest absolute Gasteiger partial charge is 0.123 e. The second kappa shape index (κ2) is 26.7. The van der Waals surface area contributed by atoms with Gasteiger partial charge in [0.05, 0.1) is 0 Å². The van der Waals surface area contributed by atoms with Gasteiger partial charge >= 0.3 is 0 Å². The third-order valence-electron chi connectivity index (χ3n) is 5.78. The van der Waals surface area contributed by atoms with Gasteiger partial charge in [0.25, 0.3) is 0 Å². The first-order chi connectivity index (χ1) is 15.3. The molecule has 0 N–H and O–H groups in total. The minimum Gasteiger partial charge on any atom is -0.303 e. The minimum absolute atomic E-state index is 0.288. The summed E-state index contributed by atoms with van der Waals surface area (Å²) in [7, 11) is 0. The van der Waals surface area contributed by atoms with Crippen molar-refractivity contribution in [2.45, 2.75) is 129 Å². The SMILES string of the molecule is CC/C=C/C=C\CCCCCCCCC(C=O)CCCC/C=C\C/C=C\CCCCC. The Hall–Kier alpha value is -1.37. The van der Waals surface area contributed by atoms with Gasteiger partial charge in [0.1, 0.15) is 6.29 Å². The Morgan fingerprint density at radius 2 is 1.06 bits per heavy atom. The first-order valence-electron chi connectivity index (χ1n) is 13.4. The van der Waals surface area contributed by atoms with E-state index in [4.69, 9.17) is 0 Å². The van der Waals surface area contributed by atoms with Crippen molar-refractivity contribution in [2.24, 2.45) is 5.92 Å². The van der Waals surface area contributed by atoms with Gasteiger partial charge in [-0.25, -0.2) is 0 Å². The van der Waals surface area contributed by atoms with E-state index in [1.54, 1.807) is 0 Å². The quantitative estimate of drug-likeness (QED) is 0.0684. The summed E-state index contributed by atoms with van der Waals surface area (Å²) in [5.41, 5.74) is 0. The van der Waals surface area contributed by atoms with Crippen LogP contribution in [0.1, 0.15) is 129 Å². The molecule has 31 heavy (non-hydrogen) atoms. The topological polar surface area (TPSA) is 17.1 Å². The third kappa shape index (κ3) is 24.8. The van der Waals surface area contributed by atoms with Crippen LogP contribution in [0.3, 0.4) is 0 Å². The lowest BCUT2D eigenvalue weighted by atomic mass is 9.95. The van der Waals surface area contributed by atoms with Crippen molar-refractivity contribution in [3.63, 3.8) is 0 Å². The van der Waals surface area contributed by atoms with Gasteiger partial charge in [-0.05, 0) is 64.2 Å². The third-order valence-corrected chi connectivity index (χ3v) is 5.78. The molecule has 0 aromatic heterocycles. The summed E-state index contributed by atoms with van der Waals surface area (Å²) in [6, 6.07) is 0. The molecule has 0 saturated carbocycles. The number of hydrogen-bond donors (Lipinski definition) is 0. The standard InChI is InChI=1S/C30H52O/c1-3-5-7-9-11-13-15-17-19-21-23-25-27-30(29-31)28-26-24-22-20-18-16-14-12-10-8-6-4-2/h5,7,9,11-12,14,18,20,29-30H,3-4,6,8,10,13,15-17,19,21-28H2,1-2H3/b7-5+,11-9-,14-12-,20-18-. The van der Waals surface area contributed by atoms with Gasteiger partial charge in [-0.3, -0.25) is 0 Å². The number of allylic oxidation sites excluding steroid dienone is 8. The van der Waals surface area contributed by atoms with Gasteiger partial charge in [-0.2, -0.15) is 0 Å². The Balaban J connectivity index is 3.47. The molecule has 0 amide bonds.